The molecular formula is C27H40O4. The van der Waals surface area contributed by atoms with Crippen LogP contribution in [0.25, 0.3) is 0 Å². The van der Waals surface area contributed by atoms with E-state index in [2.05, 4.69) is 13.8 Å². The zero-order valence-corrected chi connectivity index (χ0v) is 19.9. The van der Waals surface area contributed by atoms with Crippen LogP contribution in [0.15, 0.2) is 0 Å². The highest BCUT2D eigenvalue weighted by atomic mass is 16.6. The Labute approximate surface area is 187 Å². The van der Waals surface area contributed by atoms with Crippen molar-refractivity contribution in [3.63, 3.8) is 0 Å². The van der Waals surface area contributed by atoms with E-state index in [0.29, 0.717) is 35.6 Å². The number of esters is 1. The first kappa shape index (κ1) is 20.7. The number of carbonyl (C=O) groups excluding carboxylic acids is 2. The molecule has 6 aliphatic rings. The molecule has 0 N–H and O–H groups in total. The topological polar surface area (TPSA) is 55.9 Å². The Morgan fingerprint density at radius 2 is 1.68 bits per heavy atom. The summed E-state index contributed by atoms with van der Waals surface area (Å²) in [5.41, 5.74) is 0.235. The van der Waals surface area contributed by atoms with Crippen LogP contribution in [0.3, 0.4) is 0 Å². The van der Waals surface area contributed by atoms with Crippen molar-refractivity contribution >= 4 is 11.8 Å². The summed E-state index contributed by atoms with van der Waals surface area (Å²) in [6.07, 6.45) is 13.1. The van der Waals surface area contributed by atoms with Crippen molar-refractivity contribution in [2.45, 2.75) is 116 Å². The molecule has 0 bridgehead atoms. The lowest BCUT2D eigenvalue weighted by atomic mass is 9.42. The minimum atomic E-state index is -0.160. The largest absolute Gasteiger partial charge is 0.462 e. The summed E-state index contributed by atoms with van der Waals surface area (Å²) in [6.45, 7) is 8.45. The fourth-order valence-corrected chi connectivity index (χ4v) is 10.8. The minimum absolute atomic E-state index is 0.0244. The molecule has 4 nitrogen and oxygen atoms in total. The highest BCUT2D eigenvalue weighted by Gasteiger charge is 2.78. The molecule has 0 aromatic carbocycles. The first-order chi connectivity index (χ1) is 14.7. The van der Waals surface area contributed by atoms with Gasteiger partial charge in [0, 0.05) is 24.2 Å². The third-order valence-electron chi connectivity index (χ3n) is 12.0. The maximum atomic E-state index is 13.2. The van der Waals surface area contributed by atoms with Crippen LogP contribution >= 0.6 is 0 Å². The van der Waals surface area contributed by atoms with Gasteiger partial charge in [-0.2, -0.15) is 0 Å². The highest BCUT2D eigenvalue weighted by Crippen LogP contribution is 2.77. The normalized spacial score (nSPS) is 56.9. The molecule has 172 valence electrons. The Hall–Kier alpha value is -0.900. The van der Waals surface area contributed by atoms with Gasteiger partial charge in [0.25, 0.3) is 0 Å². The highest BCUT2D eigenvalue weighted by molar-refractivity contribution is 5.84. The maximum absolute atomic E-state index is 13.2. The summed E-state index contributed by atoms with van der Waals surface area (Å²) in [6, 6.07) is 0. The molecular weight excluding hydrogens is 388 g/mol. The predicted octanol–water partition coefficient (Wildman–Crippen LogP) is 5.47. The van der Waals surface area contributed by atoms with Crippen molar-refractivity contribution < 1.29 is 19.1 Å². The minimum Gasteiger partial charge on any atom is -0.462 e. The molecule has 5 aliphatic carbocycles. The van der Waals surface area contributed by atoms with E-state index in [0.717, 1.165) is 32.1 Å². The van der Waals surface area contributed by atoms with Gasteiger partial charge in [0.2, 0.25) is 0 Å². The predicted molar refractivity (Wildman–Crippen MR) is 117 cm³/mol. The SMILES string of the molecule is CC(=O)O[C@@H]1CC[C@]2(C)[C@@H]3CC[C@@]4(C)[C@H](C[C@@H]5CCCC[C@]54C(C)=O)[C@H]3C[C@@H]3O[C@@]32C1. The number of carbonyl (C=O) groups is 2. The second-order valence-electron chi connectivity index (χ2n) is 12.7. The number of fused-ring (bicyclic) bond motifs is 6. The zero-order chi connectivity index (χ0) is 21.8. The Kier molecular flexibility index (Phi) is 4.25. The van der Waals surface area contributed by atoms with E-state index in [1.54, 1.807) is 0 Å². The Balaban J connectivity index is 1.33. The first-order valence-corrected chi connectivity index (χ1v) is 13.0. The lowest BCUT2D eigenvalue weighted by molar-refractivity contribution is -0.163. The smallest absolute Gasteiger partial charge is 0.302 e. The van der Waals surface area contributed by atoms with Gasteiger partial charge in [0.1, 0.15) is 17.5 Å². The molecule has 31 heavy (non-hydrogen) atoms. The molecule has 1 saturated heterocycles. The van der Waals surface area contributed by atoms with Crippen LogP contribution < -0.4 is 0 Å². The third-order valence-corrected chi connectivity index (χ3v) is 12.0. The van der Waals surface area contributed by atoms with Crippen molar-refractivity contribution in [2.24, 2.45) is 39.9 Å². The summed E-state index contributed by atoms with van der Waals surface area (Å²) in [5, 5.41) is 0. The van der Waals surface area contributed by atoms with Crippen LogP contribution in [0.2, 0.25) is 0 Å². The Morgan fingerprint density at radius 3 is 2.42 bits per heavy atom. The van der Waals surface area contributed by atoms with Crippen molar-refractivity contribution in [1.82, 2.24) is 0 Å². The number of Topliss-reactive ketones (excluding diaryl/α,β-unsaturated/α-hetero) is 1. The molecule has 6 rings (SSSR count). The van der Waals surface area contributed by atoms with Crippen LogP contribution in [0.4, 0.5) is 0 Å². The van der Waals surface area contributed by atoms with Gasteiger partial charge in [0.15, 0.2) is 0 Å². The Morgan fingerprint density at radius 1 is 0.903 bits per heavy atom. The monoisotopic (exact) mass is 428 g/mol. The molecule has 0 amide bonds. The number of ether oxygens (including phenoxy) is 2. The molecule has 0 unspecified atom stereocenters. The Bertz CT molecular complexity index is 822. The van der Waals surface area contributed by atoms with E-state index in [1.165, 1.54) is 45.4 Å². The van der Waals surface area contributed by atoms with E-state index in [-0.39, 0.29) is 33.9 Å². The molecule has 0 aromatic heterocycles. The second-order valence-corrected chi connectivity index (χ2v) is 12.7. The van der Waals surface area contributed by atoms with Gasteiger partial charge >= 0.3 is 5.97 Å². The van der Waals surface area contributed by atoms with E-state index < -0.39 is 0 Å². The number of epoxide rings is 1. The van der Waals surface area contributed by atoms with Crippen LogP contribution in [0.5, 0.6) is 0 Å². The van der Waals surface area contributed by atoms with E-state index in [4.69, 9.17) is 9.47 Å². The van der Waals surface area contributed by atoms with Crippen molar-refractivity contribution in [2.75, 3.05) is 0 Å². The molecule has 1 heterocycles. The van der Waals surface area contributed by atoms with E-state index >= 15 is 0 Å². The maximum Gasteiger partial charge on any atom is 0.302 e. The van der Waals surface area contributed by atoms with Crippen molar-refractivity contribution in [3.05, 3.63) is 0 Å². The summed E-state index contributed by atoms with van der Waals surface area (Å²) in [7, 11) is 0. The average Bonchev–Trinajstić information content (AvgIpc) is 3.33. The van der Waals surface area contributed by atoms with Gasteiger partial charge in [0.05, 0.1) is 6.10 Å². The number of ketones is 1. The van der Waals surface area contributed by atoms with Gasteiger partial charge in [-0.1, -0.05) is 26.7 Å². The van der Waals surface area contributed by atoms with Gasteiger partial charge in [-0.05, 0) is 87.4 Å². The van der Waals surface area contributed by atoms with Crippen molar-refractivity contribution in [3.8, 4) is 0 Å². The lowest BCUT2D eigenvalue weighted by Gasteiger charge is -2.61. The molecule has 0 radical (unpaired) electrons. The molecule has 0 aromatic rings. The number of hydrogen-bond donors (Lipinski definition) is 0. The van der Waals surface area contributed by atoms with E-state index in [1.807, 2.05) is 6.92 Å². The summed E-state index contributed by atoms with van der Waals surface area (Å²) >= 11 is 0. The second kappa shape index (κ2) is 6.36. The van der Waals surface area contributed by atoms with Gasteiger partial charge < -0.3 is 9.47 Å². The van der Waals surface area contributed by atoms with Gasteiger partial charge in [-0.15, -0.1) is 0 Å². The number of rotatable bonds is 2. The van der Waals surface area contributed by atoms with Crippen LogP contribution in [-0.4, -0.2) is 29.6 Å². The quantitative estimate of drug-likeness (QED) is 0.432. The molecule has 5 saturated carbocycles. The summed E-state index contributed by atoms with van der Waals surface area (Å²) in [4.78, 5) is 24.8. The third kappa shape index (κ3) is 2.36. The summed E-state index contributed by atoms with van der Waals surface area (Å²) < 4.78 is 12.2. The molecule has 10 atom stereocenters. The molecule has 1 spiro atoms. The number of hydrogen-bond acceptors (Lipinski definition) is 4. The van der Waals surface area contributed by atoms with Crippen LogP contribution in [-0.2, 0) is 19.1 Å². The van der Waals surface area contributed by atoms with Gasteiger partial charge in [-0.25, -0.2) is 0 Å². The molecule has 4 heteroatoms. The fraction of sp³-hybridized carbons (Fsp3) is 0.926. The summed E-state index contributed by atoms with van der Waals surface area (Å²) in [5.74, 6) is 2.98. The van der Waals surface area contributed by atoms with Crippen LogP contribution in [0, 0.1) is 39.9 Å². The lowest BCUT2D eigenvalue weighted by Crippen LogP contribution is -2.60. The standard InChI is InChI=1S/C27H40O4/c1-16(28)26-10-6-5-7-18(26)13-22-20-14-23-27(31-23)15-19(30-17(2)29)8-11-25(27,4)21(20)9-12-24(22,26)3/h18-23H,5-15H2,1-4H3/t18-,19+,20-,21+,22+,23-,24-,25+,26-,27-/m0/s1. The zero-order valence-electron chi connectivity index (χ0n) is 19.9. The first-order valence-electron chi connectivity index (χ1n) is 13.0. The van der Waals surface area contributed by atoms with E-state index in [9.17, 15) is 9.59 Å². The van der Waals surface area contributed by atoms with Crippen molar-refractivity contribution in [1.29, 1.82) is 0 Å². The molecule has 1 aliphatic heterocycles. The average molecular weight is 429 g/mol. The fourth-order valence-electron chi connectivity index (χ4n) is 10.8. The van der Waals surface area contributed by atoms with Gasteiger partial charge in [-0.3, -0.25) is 9.59 Å². The molecule has 6 fully saturated rings. The van der Waals surface area contributed by atoms with Crippen LogP contribution in [0.1, 0.15) is 98.3 Å².